The van der Waals surface area contributed by atoms with E-state index in [0.717, 1.165) is 0 Å². The zero-order valence-corrected chi connectivity index (χ0v) is 18.2. The van der Waals surface area contributed by atoms with E-state index in [4.69, 9.17) is 5.11 Å². The van der Waals surface area contributed by atoms with Crippen LogP contribution in [0.4, 0.5) is 5.69 Å². The van der Waals surface area contributed by atoms with Crippen LogP contribution in [0, 0.1) is 0 Å². The van der Waals surface area contributed by atoms with Gasteiger partial charge in [0.1, 0.15) is 21.9 Å². The Morgan fingerprint density at radius 2 is 1.76 bits per heavy atom. The molecule has 5 rings (SSSR count). The second kappa shape index (κ2) is 7.81. The van der Waals surface area contributed by atoms with Crippen LogP contribution in [0.2, 0.25) is 0 Å². The van der Waals surface area contributed by atoms with Crippen molar-refractivity contribution in [3.8, 4) is 5.75 Å². The van der Waals surface area contributed by atoms with Crippen LogP contribution in [0.5, 0.6) is 5.75 Å². The minimum Gasteiger partial charge on any atom is -0.506 e. The number of hydrogen-bond donors (Lipinski definition) is 3. The molecule has 0 atom stereocenters. The fourth-order valence-electron chi connectivity index (χ4n) is 3.78. The van der Waals surface area contributed by atoms with Crippen molar-refractivity contribution < 1.29 is 23.4 Å². The molecule has 10 nitrogen and oxygen atoms in total. The van der Waals surface area contributed by atoms with Gasteiger partial charge in [0, 0.05) is 6.20 Å². The molecule has 11 heteroatoms. The molecule has 34 heavy (non-hydrogen) atoms. The Bertz CT molecular complexity index is 1670. The molecule has 2 aromatic carbocycles. The second-order valence-electron chi connectivity index (χ2n) is 7.53. The van der Waals surface area contributed by atoms with Crippen molar-refractivity contribution in [1.82, 2.24) is 9.55 Å². The molecule has 3 N–H and O–H groups in total. The summed E-state index contributed by atoms with van der Waals surface area (Å²) in [4.78, 5) is 28.9. The first-order valence-corrected chi connectivity index (χ1v) is 11.4. The molecule has 0 amide bonds. The molecule has 0 aliphatic carbocycles. The standard InChI is InChI=1S/C23H16N4O6S/c28-19-15-4-3-11-24-21(15)27(12-13-7-9-14(10-8-13)23(30)31)22(29)18(19)20-25-16-5-1-2-6-17(16)34(32,33)26-20/h1-11,28H,12H2,(H,25,26)(H,30,31). The predicted molar refractivity (Wildman–Crippen MR) is 124 cm³/mol. The summed E-state index contributed by atoms with van der Waals surface area (Å²) in [6.07, 6.45) is 1.46. The van der Waals surface area contributed by atoms with Crippen LogP contribution in [0.1, 0.15) is 21.5 Å². The number of para-hydroxylation sites is 1. The van der Waals surface area contributed by atoms with E-state index in [-0.39, 0.29) is 45.1 Å². The topological polar surface area (TPSA) is 151 Å². The summed E-state index contributed by atoms with van der Waals surface area (Å²) >= 11 is 0. The summed E-state index contributed by atoms with van der Waals surface area (Å²) < 4.78 is 30.5. The molecule has 0 bridgehead atoms. The summed E-state index contributed by atoms with van der Waals surface area (Å²) in [6, 6.07) is 15.2. The van der Waals surface area contributed by atoms with Gasteiger partial charge in [-0.15, -0.1) is 4.40 Å². The zero-order valence-electron chi connectivity index (χ0n) is 17.3. The van der Waals surface area contributed by atoms with Crippen LogP contribution in [-0.4, -0.2) is 40.0 Å². The van der Waals surface area contributed by atoms with E-state index in [1.807, 2.05) is 0 Å². The van der Waals surface area contributed by atoms with Gasteiger partial charge in [0.15, 0.2) is 5.84 Å². The lowest BCUT2D eigenvalue weighted by Gasteiger charge is -2.20. The van der Waals surface area contributed by atoms with Crippen LogP contribution < -0.4 is 10.9 Å². The van der Waals surface area contributed by atoms with E-state index >= 15 is 0 Å². The second-order valence-corrected chi connectivity index (χ2v) is 9.10. The van der Waals surface area contributed by atoms with Gasteiger partial charge in [0.25, 0.3) is 15.6 Å². The van der Waals surface area contributed by atoms with Gasteiger partial charge in [-0.1, -0.05) is 24.3 Å². The Kier molecular flexibility index (Phi) is 4.91. The molecule has 0 fully saturated rings. The van der Waals surface area contributed by atoms with Gasteiger partial charge in [-0.2, -0.15) is 8.42 Å². The number of sulfonamides is 1. The summed E-state index contributed by atoms with van der Waals surface area (Å²) in [7, 11) is -4.12. The van der Waals surface area contributed by atoms with Gasteiger partial charge in [-0.05, 0) is 42.0 Å². The highest BCUT2D eigenvalue weighted by atomic mass is 32.2. The number of carboxylic acid groups (broad SMARTS) is 1. The summed E-state index contributed by atoms with van der Waals surface area (Å²) in [5, 5.41) is 23.1. The maximum absolute atomic E-state index is 13.6. The van der Waals surface area contributed by atoms with E-state index in [1.165, 1.54) is 35.0 Å². The largest absolute Gasteiger partial charge is 0.506 e. The Balaban J connectivity index is 1.71. The number of benzene rings is 2. The highest BCUT2D eigenvalue weighted by molar-refractivity contribution is 7.90. The molecule has 3 heterocycles. The maximum atomic E-state index is 13.6. The van der Waals surface area contributed by atoms with Crippen molar-refractivity contribution >= 4 is 38.5 Å². The lowest BCUT2D eigenvalue weighted by atomic mass is 10.1. The zero-order chi connectivity index (χ0) is 24.0. The molecule has 0 saturated heterocycles. The molecule has 1 aliphatic heterocycles. The molecule has 4 aromatic rings. The minimum atomic E-state index is -4.12. The molecule has 2 aromatic heterocycles. The van der Waals surface area contributed by atoms with Crippen LogP contribution in [-0.2, 0) is 16.6 Å². The molecule has 0 spiro atoms. The smallest absolute Gasteiger partial charge is 0.335 e. The maximum Gasteiger partial charge on any atom is 0.335 e. The van der Waals surface area contributed by atoms with Gasteiger partial charge in [0.2, 0.25) is 0 Å². The third kappa shape index (κ3) is 3.48. The average molecular weight is 476 g/mol. The number of carbonyl (C=O) groups is 1. The Hall–Kier alpha value is -4.51. The lowest BCUT2D eigenvalue weighted by molar-refractivity contribution is 0.0697. The number of pyridine rings is 2. The molecule has 170 valence electrons. The third-order valence-corrected chi connectivity index (χ3v) is 6.74. The van der Waals surface area contributed by atoms with Gasteiger partial charge >= 0.3 is 5.97 Å². The Morgan fingerprint density at radius 1 is 1.03 bits per heavy atom. The summed E-state index contributed by atoms with van der Waals surface area (Å²) in [5.74, 6) is -1.83. The highest BCUT2D eigenvalue weighted by Gasteiger charge is 2.29. The summed E-state index contributed by atoms with van der Waals surface area (Å²) in [6.45, 7) is -0.00383. The quantitative estimate of drug-likeness (QED) is 0.406. The number of nitrogens with one attached hydrogen (secondary N) is 1. The van der Waals surface area contributed by atoms with Crippen LogP contribution >= 0.6 is 0 Å². The average Bonchev–Trinajstić information content (AvgIpc) is 2.82. The molecule has 0 unspecified atom stereocenters. The molecule has 1 aliphatic rings. The number of carboxylic acids is 1. The van der Waals surface area contributed by atoms with E-state index in [9.17, 15) is 23.1 Å². The van der Waals surface area contributed by atoms with Crippen molar-refractivity contribution in [2.24, 2.45) is 4.40 Å². The van der Waals surface area contributed by atoms with E-state index in [1.54, 1.807) is 36.4 Å². The van der Waals surface area contributed by atoms with Crippen LogP contribution in [0.15, 0.2) is 80.9 Å². The van der Waals surface area contributed by atoms with Gasteiger partial charge in [-0.25, -0.2) is 9.78 Å². The molecular weight excluding hydrogens is 460 g/mol. The van der Waals surface area contributed by atoms with Crippen molar-refractivity contribution in [2.75, 3.05) is 5.32 Å². The number of fused-ring (bicyclic) bond motifs is 2. The number of aromatic hydroxyl groups is 1. The van der Waals surface area contributed by atoms with Crippen LogP contribution in [0.25, 0.3) is 11.0 Å². The van der Waals surface area contributed by atoms with Crippen molar-refractivity contribution in [1.29, 1.82) is 0 Å². The number of hydrogen-bond acceptors (Lipinski definition) is 7. The highest BCUT2D eigenvalue weighted by Crippen LogP contribution is 2.31. The van der Waals surface area contributed by atoms with E-state index < -0.39 is 27.3 Å². The molecular formula is C23H16N4O6S. The SMILES string of the molecule is O=C(O)c1ccc(Cn2c(=O)c(C3=NS(=O)(=O)c4ccccc4N3)c(O)c3cccnc32)cc1. The number of amidine groups is 1. The monoisotopic (exact) mass is 476 g/mol. The molecule has 0 saturated carbocycles. The van der Waals surface area contributed by atoms with Crippen LogP contribution in [0.3, 0.4) is 0 Å². The summed E-state index contributed by atoms with van der Waals surface area (Å²) in [5.41, 5.74) is 0.0685. The number of anilines is 1. The fraction of sp³-hybridized carbons (Fsp3) is 0.0435. The number of aromatic carboxylic acids is 1. The predicted octanol–water partition coefficient (Wildman–Crippen LogP) is 2.41. The number of aromatic nitrogens is 2. The molecule has 0 radical (unpaired) electrons. The van der Waals surface area contributed by atoms with Gasteiger partial charge in [-0.3, -0.25) is 9.36 Å². The normalized spacial score (nSPS) is 14.2. The Labute approximate surface area is 192 Å². The lowest BCUT2D eigenvalue weighted by Crippen LogP contribution is -2.33. The van der Waals surface area contributed by atoms with E-state index in [2.05, 4.69) is 14.7 Å². The minimum absolute atomic E-state index is 0.00383. The fourth-order valence-corrected chi connectivity index (χ4v) is 4.91. The van der Waals surface area contributed by atoms with Crippen molar-refractivity contribution in [2.45, 2.75) is 11.4 Å². The van der Waals surface area contributed by atoms with Gasteiger partial charge in [0.05, 0.1) is 23.2 Å². The first-order chi connectivity index (χ1) is 16.3. The van der Waals surface area contributed by atoms with Gasteiger partial charge < -0.3 is 15.5 Å². The number of nitrogens with zero attached hydrogens (tertiary/aromatic N) is 3. The Morgan fingerprint density at radius 3 is 2.50 bits per heavy atom. The third-order valence-electron chi connectivity index (χ3n) is 5.40. The first-order valence-electron chi connectivity index (χ1n) is 10.0. The van der Waals surface area contributed by atoms with Crippen molar-refractivity contribution in [3.05, 3.63) is 93.9 Å². The first kappa shape index (κ1) is 21.3. The van der Waals surface area contributed by atoms with E-state index in [0.29, 0.717) is 5.56 Å². The van der Waals surface area contributed by atoms with Crippen molar-refractivity contribution in [3.63, 3.8) is 0 Å². The number of rotatable bonds is 4.